The Balaban J connectivity index is 1.90. The molecule has 6 nitrogen and oxygen atoms in total. The van der Waals surface area contributed by atoms with Crippen LogP contribution < -0.4 is 15.8 Å². The van der Waals surface area contributed by atoms with Crippen molar-refractivity contribution < 1.29 is 19.1 Å². The van der Waals surface area contributed by atoms with Gasteiger partial charge in [-0.05, 0) is 48.7 Å². The number of carbonyl (C=O) groups is 2. The van der Waals surface area contributed by atoms with Crippen LogP contribution in [0.15, 0.2) is 42.5 Å². The molecule has 0 fully saturated rings. The lowest BCUT2D eigenvalue weighted by Crippen LogP contribution is -2.14. The van der Waals surface area contributed by atoms with Crippen molar-refractivity contribution in [2.45, 2.75) is 19.8 Å². The fourth-order valence-corrected chi connectivity index (χ4v) is 2.29. The lowest BCUT2D eigenvalue weighted by atomic mass is 10.1. The minimum Gasteiger partial charge on any atom is -0.482 e. The largest absolute Gasteiger partial charge is 0.482 e. The van der Waals surface area contributed by atoms with E-state index in [1.165, 1.54) is 7.11 Å². The summed E-state index contributed by atoms with van der Waals surface area (Å²) < 4.78 is 9.84. The van der Waals surface area contributed by atoms with E-state index in [2.05, 4.69) is 10.1 Å². The van der Waals surface area contributed by atoms with E-state index in [0.29, 0.717) is 30.0 Å². The highest BCUT2D eigenvalue weighted by Gasteiger charge is 2.08. The second-order valence-corrected chi connectivity index (χ2v) is 5.59. The summed E-state index contributed by atoms with van der Waals surface area (Å²) in [6.45, 7) is 1.70. The quantitative estimate of drug-likeness (QED) is 0.596. The molecule has 0 aliphatic rings. The molecule has 0 aliphatic heterocycles. The van der Waals surface area contributed by atoms with Crippen molar-refractivity contribution in [3.63, 3.8) is 0 Å². The van der Waals surface area contributed by atoms with E-state index in [9.17, 15) is 9.59 Å². The topological polar surface area (TPSA) is 90.6 Å². The number of esters is 1. The molecule has 25 heavy (non-hydrogen) atoms. The molecule has 0 radical (unpaired) electrons. The van der Waals surface area contributed by atoms with Gasteiger partial charge in [-0.3, -0.25) is 4.79 Å². The summed E-state index contributed by atoms with van der Waals surface area (Å²) in [5.41, 5.74) is 9.08. The van der Waals surface area contributed by atoms with Crippen molar-refractivity contribution in [2.24, 2.45) is 0 Å². The van der Waals surface area contributed by atoms with E-state index in [0.717, 1.165) is 11.1 Å². The van der Waals surface area contributed by atoms with Gasteiger partial charge in [-0.1, -0.05) is 18.2 Å². The summed E-state index contributed by atoms with van der Waals surface area (Å²) in [5.74, 6) is 0.00255. The van der Waals surface area contributed by atoms with E-state index in [-0.39, 0.29) is 12.5 Å². The zero-order chi connectivity index (χ0) is 18.2. The molecule has 2 aromatic rings. The Labute approximate surface area is 146 Å². The van der Waals surface area contributed by atoms with Crippen molar-refractivity contribution >= 4 is 23.3 Å². The molecule has 0 atom stereocenters. The first kappa shape index (κ1) is 18.3. The lowest BCUT2D eigenvalue weighted by Gasteiger charge is -2.11. The molecule has 0 heterocycles. The zero-order valence-electron chi connectivity index (χ0n) is 14.4. The number of anilines is 2. The standard InChI is InChI=1S/C19H22N2O4/c1-13-11-15(25-12-19(23)24-2)8-9-17(13)21-18(22)10-7-14-5-3-4-6-16(14)20/h3-6,8-9,11H,7,10,12,20H2,1-2H3,(H,21,22). The summed E-state index contributed by atoms with van der Waals surface area (Å²) in [4.78, 5) is 23.2. The van der Waals surface area contributed by atoms with E-state index in [1.807, 2.05) is 31.2 Å². The first-order chi connectivity index (χ1) is 12.0. The van der Waals surface area contributed by atoms with Gasteiger partial charge in [0, 0.05) is 17.8 Å². The van der Waals surface area contributed by atoms with E-state index >= 15 is 0 Å². The van der Waals surface area contributed by atoms with Crippen LogP contribution in [-0.4, -0.2) is 25.6 Å². The second kappa shape index (κ2) is 8.73. The molecule has 1 amide bonds. The predicted octanol–water partition coefficient (Wildman–Crippen LogP) is 2.70. The van der Waals surface area contributed by atoms with Gasteiger partial charge in [-0.25, -0.2) is 4.79 Å². The number of nitrogens with two attached hydrogens (primary N) is 1. The van der Waals surface area contributed by atoms with E-state index in [4.69, 9.17) is 10.5 Å². The summed E-state index contributed by atoms with van der Waals surface area (Å²) >= 11 is 0. The molecule has 0 aromatic heterocycles. The van der Waals surface area contributed by atoms with Gasteiger partial charge < -0.3 is 20.5 Å². The Morgan fingerprint density at radius 3 is 2.60 bits per heavy atom. The number of nitrogens with one attached hydrogen (secondary N) is 1. The molecule has 2 aromatic carbocycles. The average molecular weight is 342 g/mol. The summed E-state index contributed by atoms with van der Waals surface area (Å²) in [7, 11) is 1.30. The Morgan fingerprint density at radius 1 is 1.16 bits per heavy atom. The first-order valence-electron chi connectivity index (χ1n) is 7.93. The number of carbonyl (C=O) groups excluding carboxylic acids is 2. The molecule has 6 heteroatoms. The number of benzene rings is 2. The molecular weight excluding hydrogens is 320 g/mol. The smallest absolute Gasteiger partial charge is 0.343 e. The van der Waals surface area contributed by atoms with Crippen molar-refractivity contribution in [2.75, 3.05) is 24.8 Å². The van der Waals surface area contributed by atoms with Gasteiger partial charge in [0.05, 0.1) is 7.11 Å². The third-order valence-electron chi connectivity index (χ3n) is 3.73. The fourth-order valence-electron chi connectivity index (χ4n) is 2.29. The van der Waals surface area contributed by atoms with Crippen LogP contribution in [0.1, 0.15) is 17.5 Å². The number of para-hydroxylation sites is 1. The average Bonchev–Trinajstić information content (AvgIpc) is 2.61. The fraction of sp³-hybridized carbons (Fsp3) is 0.263. The SMILES string of the molecule is COC(=O)COc1ccc(NC(=O)CCc2ccccc2N)c(C)c1. The van der Waals surface area contributed by atoms with Crippen LogP contribution in [-0.2, 0) is 20.7 Å². The van der Waals surface area contributed by atoms with Gasteiger partial charge in [0.25, 0.3) is 0 Å². The molecule has 0 saturated heterocycles. The van der Waals surface area contributed by atoms with Crippen molar-refractivity contribution in [3.05, 3.63) is 53.6 Å². The normalized spacial score (nSPS) is 10.2. The molecule has 2 rings (SSSR count). The molecule has 132 valence electrons. The van der Waals surface area contributed by atoms with Gasteiger partial charge in [0.2, 0.25) is 5.91 Å². The van der Waals surface area contributed by atoms with Gasteiger partial charge in [0.15, 0.2) is 6.61 Å². The molecule has 0 saturated carbocycles. The van der Waals surface area contributed by atoms with Crippen LogP contribution in [0.2, 0.25) is 0 Å². The Morgan fingerprint density at radius 2 is 1.92 bits per heavy atom. The number of rotatable bonds is 7. The monoisotopic (exact) mass is 342 g/mol. The third-order valence-corrected chi connectivity index (χ3v) is 3.73. The summed E-state index contributed by atoms with van der Waals surface area (Å²) in [6.07, 6.45) is 0.923. The molecule has 0 spiro atoms. The Kier molecular flexibility index (Phi) is 6.39. The minimum absolute atomic E-state index is 0.0883. The summed E-state index contributed by atoms with van der Waals surface area (Å²) in [6, 6.07) is 12.7. The highest BCUT2D eigenvalue weighted by Crippen LogP contribution is 2.22. The van der Waals surface area contributed by atoms with Gasteiger partial charge in [-0.15, -0.1) is 0 Å². The predicted molar refractivity (Wildman–Crippen MR) is 96.5 cm³/mol. The van der Waals surface area contributed by atoms with E-state index in [1.54, 1.807) is 18.2 Å². The van der Waals surface area contributed by atoms with Crippen LogP contribution >= 0.6 is 0 Å². The number of hydrogen-bond acceptors (Lipinski definition) is 5. The Hall–Kier alpha value is -3.02. The van der Waals surface area contributed by atoms with Gasteiger partial charge >= 0.3 is 5.97 Å². The Bertz CT molecular complexity index is 759. The van der Waals surface area contributed by atoms with Crippen LogP contribution in [0.5, 0.6) is 5.75 Å². The maximum absolute atomic E-state index is 12.1. The van der Waals surface area contributed by atoms with Gasteiger partial charge in [-0.2, -0.15) is 0 Å². The minimum atomic E-state index is -0.449. The maximum Gasteiger partial charge on any atom is 0.343 e. The van der Waals surface area contributed by atoms with Crippen LogP contribution in [0, 0.1) is 6.92 Å². The molecule has 3 N–H and O–H groups in total. The highest BCUT2D eigenvalue weighted by atomic mass is 16.6. The van der Waals surface area contributed by atoms with Crippen LogP contribution in [0.3, 0.4) is 0 Å². The van der Waals surface area contributed by atoms with Crippen LogP contribution in [0.25, 0.3) is 0 Å². The van der Waals surface area contributed by atoms with Crippen molar-refractivity contribution in [3.8, 4) is 5.75 Å². The van der Waals surface area contributed by atoms with Crippen molar-refractivity contribution in [1.29, 1.82) is 0 Å². The third kappa shape index (κ3) is 5.53. The molecular formula is C19H22N2O4. The number of nitrogen functional groups attached to an aromatic ring is 1. The number of amides is 1. The maximum atomic E-state index is 12.1. The first-order valence-corrected chi connectivity index (χ1v) is 7.93. The molecule has 0 bridgehead atoms. The molecule has 0 aliphatic carbocycles. The number of methoxy groups -OCH3 is 1. The number of hydrogen-bond donors (Lipinski definition) is 2. The second-order valence-electron chi connectivity index (χ2n) is 5.59. The lowest BCUT2D eigenvalue weighted by molar-refractivity contribution is -0.142. The number of ether oxygens (including phenoxy) is 2. The molecule has 0 unspecified atom stereocenters. The number of aryl methyl sites for hydroxylation is 2. The van der Waals surface area contributed by atoms with Gasteiger partial charge in [0.1, 0.15) is 5.75 Å². The summed E-state index contributed by atoms with van der Waals surface area (Å²) in [5, 5.41) is 2.88. The van der Waals surface area contributed by atoms with Crippen molar-refractivity contribution in [1.82, 2.24) is 0 Å². The zero-order valence-corrected chi connectivity index (χ0v) is 14.4. The van der Waals surface area contributed by atoms with E-state index < -0.39 is 5.97 Å². The van der Waals surface area contributed by atoms with Crippen LogP contribution in [0.4, 0.5) is 11.4 Å². The highest BCUT2D eigenvalue weighted by molar-refractivity contribution is 5.91.